The largest absolute Gasteiger partial charge is 0.481 e. The minimum atomic E-state index is -2.88. The minimum absolute atomic E-state index is 0.0262. The number of carboxylic acid groups (broad SMARTS) is 1. The van der Waals surface area contributed by atoms with Gasteiger partial charge in [0.15, 0.2) is 0 Å². The van der Waals surface area contributed by atoms with E-state index in [0.717, 1.165) is 0 Å². The smallest absolute Gasteiger partial charge is 0.387 e. The molecule has 8 heteroatoms. The number of carbonyl (C=O) groups is 1. The Morgan fingerprint density at radius 2 is 2.05 bits per heavy atom. The Morgan fingerprint density at radius 3 is 2.65 bits per heavy atom. The predicted molar refractivity (Wildman–Crippen MR) is 62.3 cm³/mol. The zero-order valence-corrected chi connectivity index (χ0v) is 10.1. The number of alkyl halides is 2. The Kier molecular flexibility index (Phi) is 4.24. The third kappa shape index (κ3) is 3.74. The van der Waals surface area contributed by atoms with Crippen molar-refractivity contribution in [3.05, 3.63) is 30.2 Å². The maximum absolute atomic E-state index is 12.0. The highest BCUT2D eigenvalue weighted by molar-refractivity contribution is 5.66. The third-order valence-electron chi connectivity index (χ3n) is 2.36. The van der Waals surface area contributed by atoms with Gasteiger partial charge in [-0.05, 0) is 24.3 Å². The topological polar surface area (TPSA) is 85.5 Å². The summed E-state index contributed by atoms with van der Waals surface area (Å²) in [7, 11) is 0. The van der Waals surface area contributed by atoms with Gasteiger partial charge in [-0.1, -0.05) is 5.16 Å². The fourth-order valence-electron chi connectivity index (χ4n) is 1.47. The van der Waals surface area contributed by atoms with Crippen LogP contribution in [0.1, 0.15) is 12.3 Å². The first-order chi connectivity index (χ1) is 9.54. The van der Waals surface area contributed by atoms with Gasteiger partial charge in [-0.25, -0.2) is 0 Å². The van der Waals surface area contributed by atoms with Gasteiger partial charge < -0.3 is 14.4 Å². The molecule has 0 saturated heterocycles. The van der Waals surface area contributed by atoms with Crippen molar-refractivity contribution in [1.82, 2.24) is 10.1 Å². The number of hydrogen-bond acceptors (Lipinski definition) is 5. The van der Waals surface area contributed by atoms with Crippen molar-refractivity contribution in [2.75, 3.05) is 0 Å². The molecule has 1 aromatic carbocycles. The zero-order chi connectivity index (χ0) is 14.5. The molecule has 0 unspecified atom stereocenters. The van der Waals surface area contributed by atoms with Crippen LogP contribution < -0.4 is 4.74 Å². The van der Waals surface area contributed by atoms with E-state index >= 15 is 0 Å². The number of rotatable bonds is 6. The normalized spacial score (nSPS) is 10.8. The first kappa shape index (κ1) is 13.9. The van der Waals surface area contributed by atoms with Crippen molar-refractivity contribution in [1.29, 1.82) is 0 Å². The number of aliphatic carboxylic acids is 1. The molecule has 1 aromatic heterocycles. The van der Waals surface area contributed by atoms with E-state index in [9.17, 15) is 13.6 Å². The van der Waals surface area contributed by atoms with Crippen LogP contribution in [0.2, 0.25) is 0 Å². The summed E-state index contributed by atoms with van der Waals surface area (Å²) in [6.45, 7) is -2.88. The Bertz CT molecular complexity index is 583. The monoisotopic (exact) mass is 284 g/mol. The molecule has 0 radical (unpaired) electrons. The summed E-state index contributed by atoms with van der Waals surface area (Å²) in [6, 6.07) is 5.72. The number of nitrogens with zero attached hydrogens (tertiary/aromatic N) is 2. The van der Waals surface area contributed by atoms with Crippen LogP contribution in [-0.2, 0) is 11.2 Å². The quantitative estimate of drug-likeness (QED) is 0.876. The molecule has 1 heterocycles. The maximum Gasteiger partial charge on any atom is 0.387 e. The average molecular weight is 284 g/mol. The van der Waals surface area contributed by atoms with Gasteiger partial charge in [-0.3, -0.25) is 4.79 Å². The van der Waals surface area contributed by atoms with Crippen LogP contribution in [0.5, 0.6) is 5.75 Å². The summed E-state index contributed by atoms with van der Waals surface area (Å²) in [5.74, 6) is -0.471. The lowest BCUT2D eigenvalue weighted by Gasteiger charge is -2.03. The summed E-state index contributed by atoms with van der Waals surface area (Å²) < 4.78 is 33.1. The van der Waals surface area contributed by atoms with E-state index in [2.05, 4.69) is 14.9 Å². The minimum Gasteiger partial charge on any atom is -0.481 e. The molecule has 0 bridgehead atoms. The van der Waals surface area contributed by atoms with Gasteiger partial charge in [0.2, 0.25) is 11.7 Å². The van der Waals surface area contributed by atoms with Gasteiger partial charge in [0.05, 0.1) is 6.42 Å². The highest BCUT2D eigenvalue weighted by atomic mass is 19.3. The molecule has 2 rings (SSSR count). The van der Waals surface area contributed by atoms with E-state index < -0.39 is 12.6 Å². The van der Waals surface area contributed by atoms with Crippen molar-refractivity contribution in [3.63, 3.8) is 0 Å². The summed E-state index contributed by atoms with van der Waals surface area (Å²) in [5, 5.41) is 12.2. The highest BCUT2D eigenvalue weighted by Crippen LogP contribution is 2.21. The maximum atomic E-state index is 12.0. The summed E-state index contributed by atoms with van der Waals surface area (Å²) in [6.07, 6.45) is 0.0255. The molecule has 0 atom stereocenters. The number of aromatic nitrogens is 2. The summed E-state index contributed by atoms with van der Waals surface area (Å²) >= 11 is 0. The van der Waals surface area contributed by atoms with Gasteiger partial charge in [0.1, 0.15) is 5.75 Å². The molecule has 0 aliphatic rings. The van der Waals surface area contributed by atoms with Crippen LogP contribution in [0.3, 0.4) is 0 Å². The number of ether oxygens (including phenoxy) is 1. The molecule has 0 amide bonds. The Morgan fingerprint density at radius 1 is 1.35 bits per heavy atom. The standard InChI is InChI=1S/C12H10F2N2O4/c13-12(14)19-8-3-1-7(2-4-8)11-15-9(20-16-11)5-6-10(17)18/h1-4,12H,5-6H2,(H,17,18). The number of carboxylic acids is 1. The second kappa shape index (κ2) is 6.09. The lowest BCUT2D eigenvalue weighted by Crippen LogP contribution is -2.01. The molecular formula is C12H10F2N2O4. The van der Waals surface area contributed by atoms with E-state index in [1.165, 1.54) is 24.3 Å². The van der Waals surface area contributed by atoms with Crippen LogP contribution in [0.4, 0.5) is 8.78 Å². The van der Waals surface area contributed by atoms with Crippen LogP contribution in [0.15, 0.2) is 28.8 Å². The van der Waals surface area contributed by atoms with Crippen LogP contribution >= 0.6 is 0 Å². The zero-order valence-electron chi connectivity index (χ0n) is 10.1. The van der Waals surface area contributed by atoms with Crippen molar-refractivity contribution in [2.45, 2.75) is 19.5 Å². The van der Waals surface area contributed by atoms with E-state index in [-0.39, 0.29) is 30.3 Å². The van der Waals surface area contributed by atoms with Gasteiger partial charge >= 0.3 is 12.6 Å². The Labute approximate surface area is 112 Å². The molecule has 0 spiro atoms. The molecule has 106 valence electrons. The lowest BCUT2D eigenvalue weighted by atomic mass is 10.2. The van der Waals surface area contributed by atoms with E-state index in [1.807, 2.05) is 0 Å². The van der Waals surface area contributed by atoms with Gasteiger partial charge in [0, 0.05) is 12.0 Å². The highest BCUT2D eigenvalue weighted by Gasteiger charge is 2.11. The molecular weight excluding hydrogens is 274 g/mol. The fraction of sp³-hybridized carbons (Fsp3) is 0.250. The number of benzene rings is 1. The van der Waals surface area contributed by atoms with Crippen molar-refractivity contribution < 1.29 is 27.9 Å². The van der Waals surface area contributed by atoms with Crippen molar-refractivity contribution >= 4 is 5.97 Å². The number of aryl methyl sites for hydroxylation is 1. The molecule has 0 aliphatic heterocycles. The number of halogens is 2. The SMILES string of the molecule is O=C(O)CCc1nc(-c2ccc(OC(F)F)cc2)no1. The molecule has 2 aromatic rings. The van der Waals surface area contributed by atoms with E-state index in [0.29, 0.717) is 5.56 Å². The van der Waals surface area contributed by atoms with E-state index in [4.69, 9.17) is 9.63 Å². The molecule has 0 saturated carbocycles. The number of hydrogen-bond donors (Lipinski definition) is 1. The molecule has 0 fully saturated rings. The summed E-state index contributed by atoms with van der Waals surface area (Å²) in [4.78, 5) is 14.4. The van der Waals surface area contributed by atoms with Gasteiger partial charge in [-0.15, -0.1) is 0 Å². The van der Waals surface area contributed by atoms with Crippen LogP contribution in [-0.4, -0.2) is 27.8 Å². The summed E-state index contributed by atoms with van der Waals surface area (Å²) in [5.41, 5.74) is 0.553. The van der Waals surface area contributed by atoms with Crippen LogP contribution in [0, 0.1) is 0 Å². The average Bonchev–Trinajstić information content (AvgIpc) is 2.85. The van der Waals surface area contributed by atoms with Gasteiger partial charge in [-0.2, -0.15) is 13.8 Å². The van der Waals surface area contributed by atoms with E-state index in [1.54, 1.807) is 0 Å². The molecule has 20 heavy (non-hydrogen) atoms. The van der Waals surface area contributed by atoms with Crippen molar-refractivity contribution in [2.24, 2.45) is 0 Å². The molecule has 6 nitrogen and oxygen atoms in total. The molecule has 1 N–H and O–H groups in total. The second-order valence-electron chi connectivity index (χ2n) is 3.81. The lowest BCUT2D eigenvalue weighted by molar-refractivity contribution is -0.137. The first-order valence-electron chi connectivity index (χ1n) is 5.64. The Hall–Kier alpha value is -2.51. The molecule has 0 aliphatic carbocycles. The second-order valence-corrected chi connectivity index (χ2v) is 3.81. The van der Waals surface area contributed by atoms with Crippen molar-refractivity contribution in [3.8, 4) is 17.1 Å². The predicted octanol–water partition coefficient (Wildman–Crippen LogP) is 2.36. The van der Waals surface area contributed by atoms with Gasteiger partial charge in [0.25, 0.3) is 0 Å². The first-order valence-corrected chi connectivity index (χ1v) is 5.64. The fourth-order valence-corrected chi connectivity index (χ4v) is 1.47. The Balaban J connectivity index is 2.06. The van der Waals surface area contributed by atoms with Crippen LogP contribution in [0.25, 0.3) is 11.4 Å². The third-order valence-corrected chi connectivity index (χ3v) is 2.36.